The molecule has 1 saturated heterocycles. The molecule has 2 aromatic rings. The second-order valence-corrected chi connectivity index (χ2v) is 8.08. The lowest BCUT2D eigenvalue weighted by Crippen LogP contribution is -2.38. The highest BCUT2D eigenvalue weighted by atomic mass is 35.5. The summed E-state index contributed by atoms with van der Waals surface area (Å²) < 4.78 is 28.0. The Hall–Kier alpha value is -1.93. The third-order valence-corrected chi connectivity index (χ3v) is 5.01. The lowest BCUT2D eigenvalue weighted by molar-refractivity contribution is 0.0705. The average Bonchev–Trinajstić information content (AvgIpc) is 3.05. The van der Waals surface area contributed by atoms with E-state index in [-0.39, 0.29) is 17.0 Å². The summed E-state index contributed by atoms with van der Waals surface area (Å²) in [7, 11) is -3.50. The van der Waals surface area contributed by atoms with Gasteiger partial charge in [-0.15, -0.1) is 5.10 Å². The van der Waals surface area contributed by atoms with Crippen molar-refractivity contribution < 1.29 is 17.6 Å². The molecular formula is C15H16ClN3O4S. The van der Waals surface area contributed by atoms with Crippen molar-refractivity contribution in [2.75, 3.05) is 19.3 Å². The van der Waals surface area contributed by atoms with Crippen molar-refractivity contribution in [1.29, 1.82) is 0 Å². The molecule has 128 valence electrons. The van der Waals surface area contributed by atoms with Crippen molar-refractivity contribution in [2.24, 2.45) is 0 Å². The number of sulfone groups is 1. The molecule has 0 saturated carbocycles. The van der Waals surface area contributed by atoms with Crippen LogP contribution in [0.3, 0.4) is 0 Å². The van der Waals surface area contributed by atoms with E-state index in [2.05, 4.69) is 10.2 Å². The van der Waals surface area contributed by atoms with Gasteiger partial charge in [0, 0.05) is 35.8 Å². The number of carbonyl (C=O) groups is 1. The first-order valence-electron chi connectivity index (χ1n) is 7.43. The molecular weight excluding hydrogens is 354 g/mol. The minimum atomic E-state index is -3.50. The predicted molar refractivity (Wildman–Crippen MR) is 86.7 cm³/mol. The highest BCUT2D eigenvalue weighted by Crippen LogP contribution is 2.28. The number of halogens is 1. The molecule has 1 aliphatic rings. The van der Waals surface area contributed by atoms with E-state index < -0.39 is 9.84 Å². The standard InChI is InChI=1S/C15H16ClN3O4S/c1-24(21,22)15-18-17-13(23-15)10-6-8-19(9-7-10)14(20)11-2-4-12(16)5-3-11/h2-5,10H,6-9H2,1H3. The number of piperidine rings is 1. The molecule has 0 spiro atoms. The van der Waals surface area contributed by atoms with Crippen LogP contribution in [0.25, 0.3) is 0 Å². The summed E-state index contributed by atoms with van der Waals surface area (Å²) in [5.41, 5.74) is 0.593. The lowest BCUT2D eigenvalue weighted by atomic mass is 9.96. The fourth-order valence-corrected chi connectivity index (χ4v) is 3.19. The zero-order valence-corrected chi connectivity index (χ0v) is 14.5. The summed E-state index contributed by atoms with van der Waals surface area (Å²) in [6.07, 6.45) is 2.31. The highest BCUT2D eigenvalue weighted by Gasteiger charge is 2.29. The van der Waals surface area contributed by atoms with E-state index in [0.717, 1.165) is 6.26 Å². The smallest absolute Gasteiger partial charge is 0.335 e. The first-order chi connectivity index (χ1) is 11.3. The molecule has 1 aromatic carbocycles. The summed E-state index contributed by atoms with van der Waals surface area (Å²) in [5.74, 6) is 0.226. The number of amides is 1. The van der Waals surface area contributed by atoms with Crippen LogP contribution >= 0.6 is 11.6 Å². The molecule has 0 radical (unpaired) electrons. The maximum atomic E-state index is 12.4. The fraction of sp³-hybridized carbons (Fsp3) is 0.400. The van der Waals surface area contributed by atoms with Crippen LogP contribution in [0.5, 0.6) is 0 Å². The van der Waals surface area contributed by atoms with E-state index in [4.69, 9.17) is 16.0 Å². The van der Waals surface area contributed by atoms with Crippen LogP contribution in [0.15, 0.2) is 33.9 Å². The van der Waals surface area contributed by atoms with Crippen molar-refractivity contribution in [3.8, 4) is 0 Å². The average molecular weight is 370 g/mol. The molecule has 1 amide bonds. The second kappa shape index (κ2) is 6.52. The molecule has 3 rings (SSSR count). The van der Waals surface area contributed by atoms with E-state index in [9.17, 15) is 13.2 Å². The third-order valence-electron chi connectivity index (χ3n) is 3.96. The van der Waals surface area contributed by atoms with Crippen molar-refractivity contribution in [1.82, 2.24) is 15.1 Å². The van der Waals surface area contributed by atoms with Crippen LogP contribution in [-0.2, 0) is 9.84 Å². The maximum absolute atomic E-state index is 12.4. The lowest BCUT2D eigenvalue weighted by Gasteiger charge is -2.30. The van der Waals surface area contributed by atoms with Crippen LogP contribution in [0.2, 0.25) is 5.02 Å². The van der Waals surface area contributed by atoms with Gasteiger partial charge in [0.05, 0.1) is 0 Å². The van der Waals surface area contributed by atoms with Gasteiger partial charge in [0.2, 0.25) is 15.7 Å². The minimum absolute atomic E-state index is 0.0396. The van der Waals surface area contributed by atoms with Gasteiger partial charge in [-0.3, -0.25) is 4.79 Å². The monoisotopic (exact) mass is 369 g/mol. The molecule has 0 N–H and O–H groups in total. The van der Waals surface area contributed by atoms with Gasteiger partial charge in [0.25, 0.3) is 5.91 Å². The van der Waals surface area contributed by atoms with Crippen molar-refractivity contribution in [2.45, 2.75) is 24.0 Å². The van der Waals surface area contributed by atoms with Crippen molar-refractivity contribution in [3.63, 3.8) is 0 Å². The molecule has 7 nitrogen and oxygen atoms in total. The number of aromatic nitrogens is 2. The Morgan fingerprint density at radius 3 is 2.38 bits per heavy atom. The minimum Gasteiger partial charge on any atom is -0.412 e. The van der Waals surface area contributed by atoms with Crippen LogP contribution in [0.4, 0.5) is 0 Å². The number of nitrogens with zero attached hydrogens (tertiary/aromatic N) is 3. The molecule has 24 heavy (non-hydrogen) atoms. The van der Waals surface area contributed by atoms with E-state index in [0.29, 0.717) is 42.4 Å². The molecule has 1 aromatic heterocycles. The van der Waals surface area contributed by atoms with Crippen LogP contribution in [0.1, 0.15) is 35.0 Å². The topological polar surface area (TPSA) is 93.4 Å². The SMILES string of the molecule is CS(=O)(=O)c1nnc(C2CCN(C(=O)c3ccc(Cl)cc3)CC2)o1. The van der Waals surface area contributed by atoms with Gasteiger partial charge in [-0.25, -0.2) is 8.42 Å². The normalized spacial score (nSPS) is 16.3. The predicted octanol–water partition coefficient (Wildman–Crippen LogP) is 2.15. The number of likely N-dealkylation sites (tertiary alicyclic amines) is 1. The number of rotatable bonds is 3. The van der Waals surface area contributed by atoms with Crippen LogP contribution in [-0.4, -0.2) is 48.8 Å². The van der Waals surface area contributed by atoms with E-state index >= 15 is 0 Å². The largest absolute Gasteiger partial charge is 0.412 e. The third kappa shape index (κ3) is 3.59. The van der Waals surface area contributed by atoms with Crippen molar-refractivity contribution in [3.05, 3.63) is 40.7 Å². The molecule has 1 aliphatic heterocycles. The van der Waals surface area contributed by atoms with Gasteiger partial charge in [-0.1, -0.05) is 16.7 Å². The van der Waals surface area contributed by atoms with Gasteiger partial charge in [-0.2, -0.15) is 0 Å². The maximum Gasteiger partial charge on any atom is 0.335 e. The molecule has 0 bridgehead atoms. The Balaban J connectivity index is 1.64. The van der Waals surface area contributed by atoms with Gasteiger partial charge in [0.15, 0.2) is 0 Å². The van der Waals surface area contributed by atoms with Gasteiger partial charge in [-0.05, 0) is 37.1 Å². The number of hydrogen-bond acceptors (Lipinski definition) is 6. The Morgan fingerprint density at radius 2 is 1.83 bits per heavy atom. The van der Waals surface area contributed by atoms with Gasteiger partial charge in [0.1, 0.15) is 0 Å². The van der Waals surface area contributed by atoms with E-state index in [1.807, 2.05) is 0 Å². The van der Waals surface area contributed by atoms with Crippen molar-refractivity contribution >= 4 is 27.3 Å². The van der Waals surface area contributed by atoms with Crippen LogP contribution < -0.4 is 0 Å². The molecule has 2 heterocycles. The number of carbonyl (C=O) groups excluding carboxylic acids is 1. The first kappa shape index (κ1) is 16.9. The van der Waals surface area contributed by atoms with E-state index in [1.54, 1.807) is 29.2 Å². The van der Waals surface area contributed by atoms with Crippen LogP contribution in [0, 0.1) is 0 Å². The zero-order chi connectivity index (χ0) is 17.3. The Bertz CT molecular complexity index is 840. The van der Waals surface area contributed by atoms with E-state index in [1.165, 1.54) is 0 Å². The molecule has 0 aliphatic carbocycles. The Morgan fingerprint density at radius 1 is 1.21 bits per heavy atom. The van der Waals surface area contributed by atoms with Gasteiger partial charge < -0.3 is 9.32 Å². The molecule has 9 heteroatoms. The Kier molecular flexibility index (Phi) is 4.60. The fourth-order valence-electron chi connectivity index (χ4n) is 2.64. The number of benzene rings is 1. The second-order valence-electron chi connectivity index (χ2n) is 5.75. The number of hydrogen-bond donors (Lipinski definition) is 0. The quantitative estimate of drug-likeness (QED) is 0.822. The van der Waals surface area contributed by atoms with Gasteiger partial charge >= 0.3 is 5.22 Å². The summed E-state index contributed by atoms with van der Waals surface area (Å²) in [6.45, 7) is 1.09. The summed E-state index contributed by atoms with van der Waals surface area (Å²) >= 11 is 5.83. The summed E-state index contributed by atoms with van der Waals surface area (Å²) in [5, 5.41) is 7.63. The highest BCUT2D eigenvalue weighted by molar-refractivity contribution is 7.90. The molecule has 0 unspecified atom stereocenters. The zero-order valence-electron chi connectivity index (χ0n) is 13.0. The molecule has 0 atom stereocenters. The molecule has 1 fully saturated rings. The Labute approximate surface area is 144 Å². The first-order valence-corrected chi connectivity index (χ1v) is 9.70. The summed E-state index contributed by atoms with van der Waals surface area (Å²) in [4.78, 5) is 14.2. The summed E-state index contributed by atoms with van der Waals surface area (Å²) in [6, 6.07) is 6.78.